The van der Waals surface area contributed by atoms with Crippen molar-refractivity contribution in [2.24, 2.45) is 0 Å². The minimum atomic E-state index is -1.49. The van der Waals surface area contributed by atoms with Crippen LogP contribution < -0.4 is 4.90 Å². The van der Waals surface area contributed by atoms with Gasteiger partial charge in [-0.05, 0) is 12.1 Å². The van der Waals surface area contributed by atoms with Crippen LogP contribution in [0.25, 0.3) is 0 Å². The van der Waals surface area contributed by atoms with E-state index in [1.165, 1.54) is 5.69 Å². The predicted octanol–water partition coefficient (Wildman–Crippen LogP) is -1.19. The molecule has 0 spiro atoms. The lowest BCUT2D eigenvalue weighted by atomic mass is 10.1. The first-order valence-electron chi connectivity index (χ1n) is 5.92. The van der Waals surface area contributed by atoms with Gasteiger partial charge in [-0.2, -0.15) is 0 Å². The van der Waals surface area contributed by atoms with Gasteiger partial charge in [0.15, 0.2) is 0 Å². The molecule has 1 aromatic rings. The van der Waals surface area contributed by atoms with Crippen LogP contribution in [0.2, 0.25) is 0 Å². The fourth-order valence-corrected chi connectivity index (χ4v) is 1.20. The van der Waals surface area contributed by atoms with Gasteiger partial charge in [0.25, 0.3) is 0 Å². The van der Waals surface area contributed by atoms with E-state index in [2.05, 4.69) is 17.0 Å². The van der Waals surface area contributed by atoms with Gasteiger partial charge in [0, 0.05) is 19.8 Å². The van der Waals surface area contributed by atoms with Gasteiger partial charge >= 0.3 is 0 Å². The second kappa shape index (κ2) is 9.71. The third-order valence-corrected chi connectivity index (χ3v) is 2.44. The molecule has 1 aromatic carbocycles. The molecule has 0 aliphatic heterocycles. The molecule has 0 bridgehead atoms. The van der Waals surface area contributed by atoms with Crippen LogP contribution in [0.3, 0.4) is 0 Å². The summed E-state index contributed by atoms with van der Waals surface area (Å²) in [6.07, 6.45) is -4.29. The quantitative estimate of drug-likeness (QED) is 0.462. The zero-order valence-electron chi connectivity index (χ0n) is 11.2. The maximum Gasteiger partial charge on any atom is 0.110 e. The van der Waals surface area contributed by atoms with Gasteiger partial charge in [0.1, 0.15) is 18.3 Å². The van der Waals surface area contributed by atoms with Gasteiger partial charge in [0.2, 0.25) is 0 Å². The second-order valence-corrected chi connectivity index (χ2v) is 4.22. The van der Waals surface area contributed by atoms with Gasteiger partial charge in [0.05, 0.1) is 13.2 Å². The molecular weight excluding hydrogens is 250 g/mol. The van der Waals surface area contributed by atoms with Crippen LogP contribution >= 0.6 is 0 Å². The van der Waals surface area contributed by atoms with E-state index in [0.717, 1.165) is 0 Å². The average molecular weight is 273 g/mol. The lowest BCUT2D eigenvalue weighted by Gasteiger charge is -2.19. The highest BCUT2D eigenvalue weighted by molar-refractivity contribution is 5.43. The smallest absolute Gasteiger partial charge is 0.110 e. The fraction of sp³-hybridized carbons (Fsp3) is 0.538. The Hall–Kier alpha value is -1.18. The zero-order valence-corrected chi connectivity index (χ0v) is 11.2. The van der Waals surface area contributed by atoms with Crippen molar-refractivity contribution in [1.82, 2.24) is 0 Å². The molecule has 0 amide bonds. The number of aliphatic hydroxyl groups excluding tert-OH is 5. The first-order chi connectivity index (χ1) is 8.93. The highest BCUT2D eigenvalue weighted by Crippen LogP contribution is 2.07. The first kappa shape index (κ1) is 17.8. The summed E-state index contributed by atoms with van der Waals surface area (Å²) >= 11 is 0. The van der Waals surface area contributed by atoms with E-state index < -0.39 is 31.5 Å². The van der Waals surface area contributed by atoms with E-state index in [0.29, 0.717) is 0 Å². The lowest BCUT2D eigenvalue weighted by Crippen LogP contribution is -2.41. The Kier molecular flexibility index (Phi) is 9.11. The van der Waals surface area contributed by atoms with E-state index in [4.69, 9.17) is 25.5 Å². The molecule has 0 saturated heterocycles. The van der Waals surface area contributed by atoms with Gasteiger partial charge in [-0.25, -0.2) is 0 Å². The topological polar surface area (TPSA) is 104 Å². The summed E-state index contributed by atoms with van der Waals surface area (Å²) in [4.78, 5) is 2.08. The fourth-order valence-electron chi connectivity index (χ4n) is 1.20. The molecule has 1 rings (SSSR count). The van der Waals surface area contributed by atoms with Crippen molar-refractivity contribution in [3.63, 3.8) is 0 Å². The molecule has 0 aliphatic rings. The van der Waals surface area contributed by atoms with E-state index in [-0.39, 0.29) is 0 Å². The maximum atomic E-state index is 8.77. The van der Waals surface area contributed by atoms with Crippen LogP contribution in [-0.2, 0) is 0 Å². The summed E-state index contributed by atoms with van der Waals surface area (Å²) in [5.74, 6) is 0. The average Bonchev–Trinajstić information content (AvgIpc) is 2.46. The number of hydrogen-bond acceptors (Lipinski definition) is 6. The molecule has 0 aromatic heterocycles. The lowest BCUT2D eigenvalue weighted by molar-refractivity contribution is -0.0900. The highest BCUT2D eigenvalue weighted by atomic mass is 16.4. The molecule has 0 heterocycles. The Bertz CT molecular complexity index is 310. The van der Waals surface area contributed by atoms with Gasteiger partial charge in [-0.15, -0.1) is 0 Å². The minimum Gasteiger partial charge on any atom is -0.394 e. The van der Waals surface area contributed by atoms with Gasteiger partial charge in [-0.1, -0.05) is 18.2 Å². The number of anilines is 1. The summed E-state index contributed by atoms with van der Waals surface area (Å²) in [7, 11) is 4.07. The Labute approximate surface area is 113 Å². The molecule has 6 nitrogen and oxygen atoms in total. The van der Waals surface area contributed by atoms with E-state index in [1.807, 2.05) is 32.3 Å². The summed E-state index contributed by atoms with van der Waals surface area (Å²) in [6.45, 7) is -1.28. The number of aliphatic hydroxyl groups is 5. The molecule has 6 heteroatoms. The van der Waals surface area contributed by atoms with Crippen LogP contribution in [0.15, 0.2) is 30.3 Å². The molecule has 0 aliphatic carbocycles. The normalized spacial score (nSPS) is 14.9. The SMILES string of the molecule is CN(C)c1ccccc1.OCC(O)C(O)C(O)CO. The first-order valence-corrected chi connectivity index (χ1v) is 5.92. The molecule has 2 unspecified atom stereocenters. The van der Waals surface area contributed by atoms with Crippen molar-refractivity contribution in [2.75, 3.05) is 32.2 Å². The van der Waals surface area contributed by atoms with Crippen molar-refractivity contribution in [2.45, 2.75) is 18.3 Å². The monoisotopic (exact) mass is 273 g/mol. The number of nitrogens with zero attached hydrogens (tertiary/aromatic N) is 1. The summed E-state index contributed by atoms with van der Waals surface area (Å²) in [5, 5.41) is 42.6. The van der Waals surface area contributed by atoms with Crippen LogP contribution in [0.5, 0.6) is 0 Å². The van der Waals surface area contributed by atoms with Crippen molar-refractivity contribution in [3.8, 4) is 0 Å². The molecule has 0 radical (unpaired) electrons. The van der Waals surface area contributed by atoms with Crippen molar-refractivity contribution < 1.29 is 25.5 Å². The number of benzene rings is 1. The van der Waals surface area contributed by atoms with E-state index in [9.17, 15) is 0 Å². The van der Waals surface area contributed by atoms with E-state index in [1.54, 1.807) is 0 Å². The Morgan fingerprint density at radius 2 is 1.32 bits per heavy atom. The molecular formula is C13H23NO5. The highest BCUT2D eigenvalue weighted by Gasteiger charge is 2.22. The third-order valence-electron chi connectivity index (χ3n) is 2.44. The Balaban J connectivity index is 0.000000342. The van der Waals surface area contributed by atoms with E-state index >= 15 is 0 Å². The van der Waals surface area contributed by atoms with Crippen molar-refractivity contribution in [3.05, 3.63) is 30.3 Å². The van der Waals surface area contributed by atoms with Crippen LogP contribution in [0.1, 0.15) is 0 Å². The third kappa shape index (κ3) is 7.09. The number of hydrogen-bond donors (Lipinski definition) is 5. The van der Waals surface area contributed by atoms with Gasteiger partial charge < -0.3 is 30.4 Å². The summed E-state index contributed by atoms with van der Waals surface area (Å²) < 4.78 is 0. The molecule has 0 fully saturated rings. The van der Waals surface area contributed by atoms with Crippen LogP contribution in [0.4, 0.5) is 5.69 Å². The van der Waals surface area contributed by atoms with Crippen LogP contribution in [0, 0.1) is 0 Å². The molecule has 5 N–H and O–H groups in total. The minimum absolute atomic E-state index is 0.641. The maximum absolute atomic E-state index is 8.77. The second-order valence-electron chi connectivity index (χ2n) is 4.22. The number of para-hydroxylation sites is 1. The number of rotatable bonds is 5. The summed E-state index contributed by atoms with van der Waals surface area (Å²) in [6, 6.07) is 10.3. The standard InChI is InChI=1S/C8H11N.C5H12O5/c1-9(2)8-6-4-3-5-7-8;6-1-3(8)5(10)4(9)2-7/h3-7H,1-2H3;3-10H,1-2H2. The molecule has 110 valence electrons. The molecule has 19 heavy (non-hydrogen) atoms. The zero-order chi connectivity index (χ0) is 14.8. The summed E-state index contributed by atoms with van der Waals surface area (Å²) in [5.41, 5.74) is 1.25. The van der Waals surface area contributed by atoms with Crippen molar-refractivity contribution >= 4 is 5.69 Å². The Morgan fingerprint density at radius 1 is 0.895 bits per heavy atom. The van der Waals surface area contributed by atoms with Crippen LogP contribution in [-0.4, -0.2) is 71.2 Å². The molecule has 2 atom stereocenters. The Morgan fingerprint density at radius 3 is 1.58 bits per heavy atom. The van der Waals surface area contributed by atoms with Gasteiger partial charge in [-0.3, -0.25) is 0 Å². The molecule has 0 saturated carbocycles. The van der Waals surface area contributed by atoms with Crippen molar-refractivity contribution in [1.29, 1.82) is 0 Å². The predicted molar refractivity (Wildman–Crippen MR) is 73.0 cm³/mol. The largest absolute Gasteiger partial charge is 0.394 e.